The van der Waals surface area contributed by atoms with Crippen molar-refractivity contribution in [1.82, 2.24) is 10.2 Å². The van der Waals surface area contributed by atoms with E-state index >= 15 is 0 Å². The number of nitrogens with zero attached hydrogens (tertiary/aromatic N) is 1. The average molecular weight is 182 g/mol. The monoisotopic (exact) mass is 182 g/mol. The second-order valence-electron chi connectivity index (χ2n) is 3.19. The molecule has 2 nitrogen and oxygen atoms in total. The highest BCUT2D eigenvalue weighted by Crippen LogP contribution is 1.97. The summed E-state index contributed by atoms with van der Waals surface area (Å²) in [4.78, 5) is 2.34. The van der Waals surface area contributed by atoms with E-state index in [4.69, 9.17) is 0 Å². The SMILES string of the molecule is C=CCN(CC=C)C(C)CNCC. The Morgan fingerprint density at radius 2 is 1.85 bits per heavy atom. The van der Waals surface area contributed by atoms with Gasteiger partial charge in [-0.15, -0.1) is 13.2 Å². The highest BCUT2D eigenvalue weighted by atomic mass is 15.2. The van der Waals surface area contributed by atoms with Crippen LogP contribution in [0, 0.1) is 0 Å². The van der Waals surface area contributed by atoms with Gasteiger partial charge in [0.15, 0.2) is 0 Å². The second-order valence-corrected chi connectivity index (χ2v) is 3.19. The van der Waals surface area contributed by atoms with Gasteiger partial charge in [0.05, 0.1) is 0 Å². The Kier molecular flexibility index (Phi) is 7.65. The molecular weight excluding hydrogens is 160 g/mol. The van der Waals surface area contributed by atoms with Crippen LogP contribution in [0.1, 0.15) is 13.8 Å². The van der Waals surface area contributed by atoms with Crippen LogP contribution in [0.3, 0.4) is 0 Å². The molecule has 0 aliphatic carbocycles. The van der Waals surface area contributed by atoms with Crippen molar-refractivity contribution in [1.29, 1.82) is 0 Å². The summed E-state index contributed by atoms with van der Waals surface area (Å²) < 4.78 is 0. The molecule has 2 heteroatoms. The van der Waals surface area contributed by atoms with Crippen molar-refractivity contribution < 1.29 is 0 Å². The van der Waals surface area contributed by atoms with Crippen LogP contribution in [-0.2, 0) is 0 Å². The van der Waals surface area contributed by atoms with Crippen LogP contribution in [0.4, 0.5) is 0 Å². The molecule has 0 aromatic rings. The van der Waals surface area contributed by atoms with Gasteiger partial charge in [0.2, 0.25) is 0 Å². The zero-order valence-electron chi connectivity index (χ0n) is 8.92. The molecule has 0 fully saturated rings. The lowest BCUT2D eigenvalue weighted by atomic mass is 10.2. The predicted octanol–water partition coefficient (Wildman–Crippen LogP) is 1.66. The summed E-state index contributed by atoms with van der Waals surface area (Å²) in [5, 5.41) is 3.34. The third-order valence-electron chi connectivity index (χ3n) is 2.04. The number of nitrogens with one attached hydrogen (secondary N) is 1. The fourth-order valence-corrected chi connectivity index (χ4v) is 1.25. The Hall–Kier alpha value is -0.600. The summed E-state index contributed by atoms with van der Waals surface area (Å²) >= 11 is 0. The molecule has 1 N–H and O–H groups in total. The van der Waals surface area contributed by atoms with Crippen LogP contribution < -0.4 is 5.32 Å². The van der Waals surface area contributed by atoms with Crippen LogP contribution in [0.15, 0.2) is 25.3 Å². The fraction of sp³-hybridized carbons (Fsp3) is 0.636. The first-order chi connectivity index (χ1) is 6.26. The molecule has 76 valence electrons. The van der Waals surface area contributed by atoms with E-state index in [9.17, 15) is 0 Å². The Morgan fingerprint density at radius 3 is 2.23 bits per heavy atom. The Labute approximate surface area is 82.3 Å². The zero-order chi connectivity index (χ0) is 10.1. The summed E-state index contributed by atoms with van der Waals surface area (Å²) in [6.07, 6.45) is 3.87. The molecule has 0 heterocycles. The maximum Gasteiger partial charge on any atom is 0.0198 e. The van der Waals surface area contributed by atoms with E-state index < -0.39 is 0 Å². The van der Waals surface area contributed by atoms with Gasteiger partial charge in [-0.1, -0.05) is 19.1 Å². The van der Waals surface area contributed by atoms with Crippen molar-refractivity contribution in [3.05, 3.63) is 25.3 Å². The molecule has 0 rings (SSSR count). The molecule has 1 unspecified atom stereocenters. The minimum absolute atomic E-state index is 0.538. The van der Waals surface area contributed by atoms with Crippen LogP contribution in [0.2, 0.25) is 0 Å². The van der Waals surface area contributed by atoms with Gasteiger partial charge < -0.3 is 5.32 Å². The molecule has 0 aromatic heterocycles. The first-order valence-electron chi connectivity index (χ1n) is 4.92. The van der Waals surface area contributed by atoms with Crippen molar-refractivity contribution in [3.8, 4) is 0 Å². The molecule has 0 radical (unpaired) electrons. The van der Waals surface area contributed by atoms with Crippen molar-refractivity contribution in [2.45, 2.75) is 19.9 Å². The van der Waals surface area contributed by atoms with E-state index in [1.165, 1.54) is 0 Å². The highest BCUT2D eigenvalue weighted by Gasteiger charge is 2.09. The lowest BCUT2D eigenvalue weighted by Gasteiger charge is -2.26. The molecule has 1 atom stereocenters. The van der Waals surface area contributed by atoms with Crippen LogP contribution in [0.25, 0.3) is 0 Å². The number of rotatable bonds is 8. The van der Waals surface area contributed by atoms with Gasteiger partial charge >= 0.3 is 0 Å². The summed E-state index contributed by atoms with van der Waals surface area (Å²) in [6, 6.07) is 0.538. The smallest absolute Gasteiger partial charge is 0.0198 e. The normalized spacial score (nSPS) is 12.8. The quantitative estimate of drug-likeness (QED) is 0.574. The zero-order valence-corrected chi connectivity index (χ0v) is 8.92. The van der Waals surface area contributed by atoms with Gasteiger partial charge in [-0.05, 0) is 13.5 Å². The van der Waals surface area contributed by atoms with E-state index in [-0.39, 0.29) is 0 Å². The molecule has 0 saturated carbocycles. The Bertz CT molecular complexity index is 133. The first kappa shape index (κ1) is 12.4. The second kappa shape index (κ2) is 8.02. The number of hydrogen-bond donors (Lipinski definition) is 1. The summed E-state index contributed by atoms with van der Waals surface area (Å²) in [7, 11) is 0. The Morgan fingerprint density at radius 1 is 1.31 bits per heavy atom. The third-order valence-corrected chi connectivity index (χ3v) is 2.04. The largest absolute Gasteiger partial charge is 0.315 e. The molecule has 0 spiro atoms. The van der Waals surface area contributed by atoms with Gasteiger partial charge in [0.25, 0.3) is 0 Å². The van der Waals surface area contributed by atoms with Gasteiger partial charge in [0.1, 0.15) is 0 Å². The molecular formula is C11H22N2. The van der Waals surface area contributed by atoms with Crippen LogP contribution in [0.5, 0.6) is 0 Å². The maximum absolute atomic E-state index is 3.75. The van der Waals surface area contributed by atoms with Crippen molar-refractivity contribution in [2.24, 2.45) is 0 Å². The first-order valence-corrected chi connectivity index (χ1v) is 4.92. The fourth-order valence-electron chi connectivity index (χ4n) is 1.25. The number of hydrogen-bond acceptors (Lipinski definition) is 2. The topological polar surface area (TPSA) is 15.3 Å². The minimum Gasteiger partial charge on any atom is -0.315 e. The Balaban J connectivity index is 3.85. The molecule has 0 aliphatic rings. The maximum atomic E-state index is 3.75. The van der Waals surface area contributed by atoms with Crippen molar-refractivity contribution in [2.75, 3.05) is 26.2 Å². The molecule has 0 bridgehead atoms. The standard InChI is InChI=1S/C11H22N2/c1-5-8-13(9-6-2)11(4)10-12-7-3/h5-6,11-12H,1-2,7-10H2,3-4H3. The van der Waals surface area contributed by atoms with Crippen LogP contribution in [-0.4, -0.2) is 37.1 Å². The third kappa shape index (κ3) is 5.61. The summed E-state index contributed by atoms with van der Waals surface area (Å²) in [6.45, 7) is 15.8. The van der Waals surface area contributed by atoms with E-state index in [2.05, 4.69) is 37.2 Å². The van der Waals surface area contributed by atoms with E-state index in [1.807, 2.05) is 12.2 Å². The van der Waals surface area contributed by atoms with E-state index in [0.29, 0.717) is 6.04 Å². The number of likely N-dealkylation sites (N-methyl/N-ethyl adjacent to an activating group) is 1. The summed E-state index contributed by atoms with van der Waals surface area (Å²) in [5.74, 6) is 0. The van der Waals surface area contributed by atoms with Gasteiger partial charge in [-0.2, -0.15) is 0 Å². The van der Waals surface area contributed by atoms with Crippen molar-refractivity contribution in [3.63, 3.8) is 0 Å². The molecule has 13 heavy (non-hydrogen) atoms. The lowest BCUT2D eigenvalue weighted by Crippen LogP contribution is -2.40. The molecule has 0 aromatic carbocycles. The summed E-state index contributed by atoms with van der Waals surface area (Å²) in [5.41, 5.74) is 0. The van der Waals surface area contributed by atoms with E-state index in [0.717, 1.165) is 26.2 Å². The highest BCUT2D eigenvalue weighted by molar-refractivity contribution is 4.83. The average Bonchev–Trinajstić information content (AvgIpc) is 2.14. The van der Waals surface area contributed by atoms with Gasteiger partial charge in [-0.25, -0.2) is 0 Å². The van der Waals surface area contributed by atoms with Crippen molar-refractivity contribution >= 4 is 0 Å². The lowest BCUT2D eigenvalue weighted by molar-refractivity contribution is 0.250. The van der Waals surface area contributed by atoms with E-state index in [1.54, 1.807) is 0 Å². The predicted molar refractivity (Wildman–Crippen MR) is 60.0 cm³/mol. The molecule has 0 saturated heterocycles. The van der Waals surface area contributed by atoms with Gasteiger partial charge in [0, 0.05) is 25.7 Å². The van der Waals surface area contributed by atoms with Crippen LogP contribution >= 0.6 is 0 Å². The molecule has 0 aliphatic heterocycles. The minimum atomic E-state index is 0.538. The molecule has 0 amide bonds. The van der Waals surface area contributed by atoms with Gasteiger partial charge in [-0.3, -0.25) is 4.90 Å².